The van der Waals surface area contributed by atoms with Gasteiger partial charge >= 0.3 is 0 Å². The molecule has 0 spiro atoms. The molecule has 1 fully saturated rings. The Morgan fingerprint density at radius 1 is 0.964 bits per heavy atom. The second kappa shape index (κ2) is 9.37. The zero-order valence-electron chi connectivity index (χ0n) is 16.5. The molecule has 6 heteroatoms. The lowest BCUT2D eigenvalue weighted by molar-refractivity contribution is -0.132. The van der Waals surface area contributed by atoms with Gasteiger partial charge in [0.25, 0.3) is 5.91 Å². The van der Waals surface area contributed by atoms with Gasteiger partial charge in [0.2, 0.25) is 5.91 Å². The summed E-state index contributed by atoms with van der Waals surface area (Å²) in [6, 6.07) is 17.1. The Balaban J connectivity index is 1.49. The molecule has 6 nitrogen and oxygen atoms in total. The van der Waals surface area contributed by atoms with Gasteiger partial charge in [0.15, 0.2) is 0 Å². The van der Waals surface area contributed by atoms with E-state index in [2.05, 4.69) is 4.90 Å². The lowest BCUT2D eigenvalue weighted by Crippen LogP contribution is -2.51. The van der Waals surface area contributed by atoms with E-state index in [1.54, 1.807) is 12.0 Å². The van der Waals surface area contributed by atoms with Crippen LogP contribution < -0.4 is 4.74 Å². The fourth-order valence-electron chi connectivity index (χ4n) is 3.36. The number of piperazine rings is 1. The average Bonchev–Trinajstić information content (AvgIpc) is 2.74. The van der Waals surface area contributed by atoms with E-state index in [-0.39, 0.29) is 11.8 Å². The first-order valence-corrected chi connectivity index (χ1v) is 9.51. The monoisotopic (exact) mass is 381 g/mol. The number of methoxy groups -OCH3 is 1. The molecule has 0 atom stereocenters. The maximum atomic E-state index is 12.6. The predicted octanol–water partition coefficient (Wildman–Crippen LogP) is 2.11. The molecule has 1 saturated heterocycles. The zero-order valence-corrected chi connectivity index (χ0v) is 16.5. The van der Waals surface area contributed by atoms with Gasteiger partial charge in [-0.3, -0.25) is 14.5 Å². The number of benzene rings is 2. The maximum absolute atomic E-state index is 12.6. The highest BCUT2D eigenvalue weighted by Crippen LogP contribution is 2.19. The van der Waals surface area contributed by atoms with Crippen molar-refractivity contribution in [3.8, 4) is 5.75 Å². The van der Waals surface area contributed by atoms with Gasteiger partial charge in [0, 0.05) is 50.9 Å². The summed E-state index contributed by atoms with van der Waals surface area (Å²) < 4.78 is 5.36. The van der Waals surface area contributed by atoms with Crippen molar-refractivity contribution >= 4 is 11.8 Å². The molecule has 0 radical (unpaired) electrons. The average molecular weight is 381 g/mol. The Hall–Kier alpha value is -2.86. The van der Waals surface area contributed by atoms with Gasteiger partial charge in [-0.1, -0.05) is 36.4 Å². The fraction of sp³-hybridized carbons (Fsp3) is 0.364. The summed E-state index contributed by atoms with van der Waals surface area (Å²) in [5.41, 5.74) is 1.70. The molecular weight excluding hydrogens is 354 g/mol. The third kappa shape index (κ3) is 4.89. The minimum Gasteiger partial charge on any atom is -0.496 e. The first-order chi connectivity index (χ1) is 13.6. The summed E-state index contributed by atoms with van der Waals surface area (Å²) in [5.74, 6) is 0.906. The quantitative estimate of drug-likeness (QED) is 0.769. The number of amides is 2. The molecule has 2 aromatic rings. The normalized spacial score (nSPS) is 14.6. The summed E-state index contributed by atoms with van der Waals surface area (Å²) in [6.07, 6.45) is 0. The molecule has 2 aromatic carbocycles. The number of rotatable bonds is 6. The van der Waals surface area contributed by atoms with Crippen molar-refractivity contribution in [2.24, 2.45) is 0 Å². The minimum atomic E-state index is 0.0554. The van der Waals surface area contributed by atoms with Crippen LogP contribution in [0.4, 0.5) is 0 Å². The minimum absolute atomic E-state index is 0.0554. The molecule has 0 N–H and O–H groups in total. The SMILES string of the molecule is COc1ccccc1CN(C)C(=O)CN1CCN(C(=O)c2ccccc2)CC1. The lowest BCUT2D eigenvalue weighted by atomic mass is 10.2. The van der Waals surface area contributed by atoms with Crippen LogP contribution in [0.25, 0.3) is 0 Å². The Bertz CT molecular complexity index is 802. The van der Waals surface area contributed by atoms with Crippen molar-refractivity contribution in [1.82, 2.24) is 14.7 Å². The number of para-hydroxylation sites is 1. The van der Waals surface area contributed by atoms with E-state index in [1.165, 1.54) is 0 Å². The van der Waals surface area contributed by atoms with Crippen molar-refractivity contribution in [2.75, 3.05) is 46.9 Å². The third-order valence-corrected chi connectivity index (χ3v) is 5.06. The lowest BCUT2D eigenvalue weighted by Gasteiger charge is -2.35. The number of hydrogen-bond acceptors (Lipinski definition) is 4. The molecule has 1 aliphatic heterocycles. The summed E-state index contributed by atoms with van der Waals surface area (Å²) in [4.78, 5) is 30.8. The van der Waals surface area contributed by atoms with Crippen LogP contribution in [0.15, 0.2) is 54.6 Å². The van der Waals surface area contributed by atoms with Crippen molar-refractivity contribution in [3.63, 3.8) is 0 Å². The predicted molar refractivity (Wildman–Crippen MR) is 108 cm³/mol. The number of likely N-dealkylation sites (N-methyl/N-ethyl adjacent to an activating group) is 1. The van der Waals surface area contributed by atoms with E-state index in [0.717, 1.165) is 11.3 Å². The van der Waals surface area contributed by atoms with Gasteiger partial charge in [-0.05, 0) is 18.2 Å². The molecule has 1 aliphatic rings. The fourth-order valence-corrected chi connectivity index (χ4v) is 3.36. The number of carbonyl (C=O) groups is 2. The molecule has 148 valence electrons. The maximum Gasteiger partial charge on any atom is 0.253 e. The summed E-state index contributed by atoms with van der Waals surface area (Å²) in [5, 5.41) is 0. The Labute approximate surface area is 166 Å². The van der Waals surface area contributed by atoms with E-state index in [4.69, 9.17) is 4.74 Å². The van der Waals surface area contributed by atoms with Gasteiger partial charge in [-0.15, -0.1) is 0 Å². The largest absolute Gasteiger partial charge is 0.496 e. The second-order valence-corrected chi connectivity index (χ2v) is 7.00. The van der Waals surface area contributed by atoms with Crippen molar-refractivity contribution < 1.29 is 14.3 Å². The molecule has 2 amide bonds. The number of hydrogen-bond donors (Lipinski definition) is 0. The van der Waals surface area contributed by atoms with Gasteiger partial charge in [0.05, 0.1) is 13.7 Å². The standard InChI is InChI=1S/C22H27N3O3/c1-23(16-19-10-6-7-11-20(19)28-2)21(26)17-24-12-14-25(15-13-24)22(27)18-8-4-3-5-9-18/h3-11H,12-17H2,1-2H3. The van der Waals surface area contributed by atoms with Crippen LogP contribution in [0.3, 0.4) is 0 Å². The summed E-state index contributed by atoms with van der Waals surface area (Å²) in [6.45, 7) is 3.54. The van der Waals surface area contributed by atoms with Crippen molar-refractivity contribution in [1.29, 1.82) is 0 Å². The highest BCUT2D eigenvalue weighted by molar-refractivity contribution is 5.94. The van der Waals surface area contributed by atoms with Gasteiger partial charge in [-0.2, -0.15) is 0 Å². The molecular formula is C22H27N3O3. The first-order valence-electron chi connectivity index (χ1n) is 9.51. The smallest absolute Gasteiger partial charge is 0.253 e. The van der Waals surface area contributed by atoms with Crippen LogP contribution in [0.2, 0.25) is 0 Å². The Morgan fingerprint density at radius 3 is 2.29 bits per heavy atom. The zero-order chi connectivity index (χ0) is 19.9. The van der Waals surface area contributed by atoms with Crippen molar-refractivity contribution in [3.05, 3.63) is 65.7 Å². The Kier molecular flexibility index (Phi) is 6.66. The highest BCUT2D eigenvalue weighted by atomic mass is 16.5. The molecule has 28 heavy (non-hydrogen) atoms. The van der Waals surface area contributed by atoms with Gasteiger partial charge in [-0.25, -0.2) is 0 Å². The molecule has 0 unspecified atom stereocenters. The molecule has 0 aliphatic carbocycles. The van der Waals surface area contributed by atoms with Crippen LogP contribution in [0.1, 0.15) is 15.9 Å². The van der Waals surface area contributed by atoms with Crippen LogP contribution in [-0.2, 0) is 11.3 Å². The van der Waals surface area contributed by atoms with E-state index >= 15 is 0 Å². The van der Waals surface area contributed by atoms with Crippen LogP contribution in [-0.4, -0.2) is 73.4 Å². The number of nitrogens with zero attached hydrogens (tertiary/aromatic N) is 3. The van der Waals surface area contributed by atoms with Crippen LogP contribution in [0.5, 0.6) is 5.75 Å². The first kappa shape index (κ1) is 19.9. The number of ether oxygens (including phenoxy) is 1. The van der Waals surface area contributed by atoms with E-state index in [9.17, 15) is 9.59 Å². The van der Waals surface area contributed by atoms with Crippen LogP contribution >= 0.6 is 0 Å². The third-order valence-electron chi connectivity index (χ3n) is 5.06. The van der Waals surface area contributed by atoms with Gasteiger partial charge < -0.3 is 14.5 Å². The summed E-state index contributed by atoms with van der Waals surface area (Å²) in [7, 11) is 3.45. The summed E-state index contributed by atoms with van der Waals surface area (Å²) >= 11 is 0. The van der Waals surface area contributed by atoms with Gasteiger partial charge in [0.1, 0.15) is 5.75 Å². The second-order valence-electron chi connectivity index (χ2n) is 7.00. The number of carbonyl (C=O) groups excluding carboxylic acids is 2. The topological polar surface area (TPSA) is 53.1 Å². The highest BCUT2D eigenvalue weighted by Gasteiger charge is 2.24. The molecule has 0 aromatic heterocycles. The van der Waals surface area contributed by atoms with Crippen molar-refractivity contribution in [2.45, 2.75) is 6.54 Å². The molecule has 0 bridgehead atoms. The van der Waals surface area contributed by atoms with E-state index < -0.39 is 0 Å². The van der Waals surface area contributed by atoms with Crippen LogP contribution in [0, 0.1) is 0 Å². The molecule has 3 rings (SSSR count). The molecule has 1 heterocycles. The molecule has 0 saturated carbocycles. The van der Waals surface area contributed by atoms with E-state index in [1.807, 2.05) is 66.5 Å². The van der Waals surface area contributed by atoms with E-state index in [0.29, 0.717) is 44.8 Å². The Morgan fingerprint density at radius 2 is 1.61 bits per heavy atom.